The zero-order chi connectivity index (χ0) is 46.3. The molecule has 2 aliphatic carbocycles. The average molecular weight is 921 g/mol. The SMILES string of the molecule is C=CCc1cccc(C2C3=CCC4C(=O)N(c5cc([N+](=O)[O-])c(N(C)C)c([N+](=O)[O-])c5)C(=O)C4C3CC3C(=O)N(Nc4ncc(C(F)(F)F)cc4Cl)C(=O)C32c2ccc(Cl)cc2)c1O. The third-order valence-corrected chi connectivity index (χ3v) is 13.1. The van der Waals surface area contributed by atoms with Gasteiger partial charge in [0.25, 0.3) is 11.8 Å². The molecule has 1 saturated carbocycles. The van der Waals surface area contributed by atoms with Gasteiger partial charge in [-0.05, 0) is 54.5 Å². The summed E-state index contributed by atoms with van der Waals surface area (Å²) >= 11 is 12.6. The number of benzene rings is 3. The van der Waals surface area contributed by atoms with E-state index in [9.17, 15) is 48.1 Å². The number of carbonyl (C=O) groups is 4. The van der Waals surface area contributed by atoms with Crippen molar-refractivity contribution in [3.8, 4) is 5.75 Å². The van der Waals surface area contributed by atoms with Crippen molar-refractivity contribution in [3.05, 3.63) is 144 Å². The molecule has 1 aromatic heterocycles. The maximum atomic E-state index is 15.5. The number of phenolic OH excluding ortho intramolecular Hbond substituents is 1. The van der Waals surface area contributed by atoms with Gasteiger partial charge in [0, 0.05) is 48.9 Å². The normalized spacial score (nSPS) is 23.9. The summed E-state index contributed by atoms with van der Waals surface area (Å²) in [5.41, 5.74) is -1.73. The van der Waals surface area contributed by atoms with Gasteiger partial charge >= 0.3 is 17.6 Å². The van der Waals surface area contributed by atoms with E-state index in [4.69, 9.17) is 23.2 Å². The van der Waals surface area contributed by atoms with Crippen molar-refractivity contribution in [3.63, 3.8) is 0 Å². The first-order valence-electron chi connectivity index (χ1n) is 19.5. The van der Waals surface area contributed by atoms with E-state index < -0.39 is 108 Å². The van der Waals surface area contributed by atoms with E-state index in [1.54, 1.807) is 30.4 Å². The molecule has 16 nitrogen and oxygen atoms in total. The molecule has 0 radical (unpaired) electrons. The van der Waals surface area contributed by atoms with Crippen LogP contribution in [0.15, 0.2) is 91.2 Å². The summed E-state index contributed by atoms with van der Waals surface area (Å²) in [4.78, 5) is 88.3. The van der Waals surface area contributed by atoms with Gasteiger partial charge in [-0.3, -0.25) is 44.8 Å². The number of aromatic hydroxyl groups is 1. The highest BCUT2D eigenvalue weighted by molar-refractivity contribution is 6.33. The predicted molar refractivity (Wildman–Crippen MR) is 225 cm³/mol. The maximum Gasteiger partial charge on any atom is 0.417 e. The number of aromatic nitrogens is 1. The van der Waals surface area contributed by atoms with Crippen molar-refractivity contribution in [2.45, 2.75) is 36.8 Å². The van der Waals surface area contributed by atoms with Gasteiger partial charge in [-0.2, -0.15) is 18.2 Å². The summed E-state index contributed by atoms with van der Waals surface area (Å²) in [7, 11) is 2.72. The van der Waals surface area contributed by atoms with Crippen LogP contribution in [0.2, 0.25) is 10.0 Å². The van der Waals surface area contributed by atoms with Crippen LogP contribution in [-0.4, -0.2) is 62.7 Å². The molecular weight excluding hydrogens is 886 g/mol. The quantitative estimate of drug-likeness (QED) is 0.0673. The lowest BCUT2D eigenvalue weighted by atomic mass is 9.49. The molecule has 0 bridgehead atoms. The number of fused-ring (bicyclic) bond motifs is 4. The molecule has 64 heavy (non-hydrogen) atoms. The van der Waals surface area contributed by atoms with Gasteiger partial charge in [-0.1, -0.05) is 71.3 Å². The fourth-order valence-electron chi connectivity index (χ4n) is 10.0. The number of imide groups is 2. The maximum absolute atomic E-state index is 15.5. The monoisotopic (exact) mass is 919 g/mol. The zero-order valence-corrected chi connectivity index (χ0v) is 35.0. The van der Waals surface area contributed by atoms with E-state index in [2.05, 4.69) is 17.0 Å². The highest BCUT2D eigenvalue weighted by Gasteiger charge is 2.71. The van der Waals surface area contributed by atoms with E-state index in [-0.39, 0.29) is 46.8 Å². The van der Waals surface area contributed by atoms with Crippen molar-refractivity contribution in [1.29, 1.82) is 0 Å². The molecule has 6 atom stereocenters. The molecule has 0 spiro atoms. The number of nitrogens with zero attached hydrogens (tertiary/aromatic N) is 6. The number of hydrazine groups is 1. The molecule has 3 fully saturated rings. The minimum Gasteiger partial charge on any atom is -0.507 e. The number of pyridine rings is 1. The molecule has 3 aromatic carbocycles. The number of rotatable bonds is 10. The van der Waals surface area contributed by atoms with Crippen LogP contribution in [0, 0.1) is 43.9 Å². The average Bonchev–Trinajstić information content (AvgIpc) is 3.62. The van der Waals surface area contributed by atoms with Crippen LogP contribution < -0.4 is 15.2 Å². The molecule has 2 N–H and O–H groups in total. The second-order valence-electron chi connectivity index (χ2n) is 16.0. The first kappa shape index (κ1) is 43.8. The van der Waals surface area contributed by atoms with Crippen molar-refractivity contribution in [2.24, 2.45) is 23.7 Å². The summed E-state index contributed by atoms with van der Waals surface area (Å²) in [5.74, 6) is -10.4. The van der Waals surface area contributed by atoms with E-state index in [1.807, 2.05) is 0 Å². The molecule has 2 aliphatic heterocycles. The molecule has 330 valence electrons. The van der Waals surface area contributed by atoms with Crippen molar-refractivity contribution >= 4 is 75.4 Å². The number of anilines is 3. The molecule has 8 rings (SSSR count). The molecule has 4 aromatic rings. The molecular formula is C43H34Cl2F3N7O9. The fraction of sp³-hybridized carbons (Fsp3) is 0.279. The number of allylic oxidation sites excluding steroid dienone is 3. The number of hydrogen-bond donors (Lipinski definition) is 2. The number of alkyl halides is 3. The number of amides is 4. The Morgan fingerprint density at radius 1 is 0.984 bits per heavy atom. The third-order valence-electron chi connectivity index (χ3n) is 12.5. The Hall–Kier alpha value is -6.86. The zero-order valence-electron chi connectivity index (χ0n) is 33.5. The van der Waals surface area contributed by atoms with Gasteiger partial charge in [0.15, 0.2) is 11.5 Å². The number of carbonyl (C=O) groups excluding carboxylic acids is 4. The minimum absolute atomic E-state index is 0.127. The van der Waals surface area contributed by atoms with Crippen LogP contribution in [0.25, 0.3) is 0 Å². The van der Waals surface area contributed by atoms with E-state index in [0.29, 0.717) is 33.3 Å². The fourth-order valence-corrected chi connectivity index (χ4v) is 10.3. The summed E-state index contributed by atoms with van der Waals surface area (Å²) in [6.45, 7) is 3.77. The molecule has 2 saturated heterocycles. The van der Waals surface area contributed by atoms with Crippen molar-refractivity contribution < 1.29 is 47.3 Å². The first-order chi connectivity index (χ1) is 30.2. The lowest BCUT2D eigenvalue weighted by Crippen LogP contribution is -2.53. The summed E-state index contributed by atoms with van der Waals surface area (Å²) < 4.78 is 40.7. The number of phenols is 1. The minimum atomic E-state index is -4.83. The van der Waals surface area contributed by atoms with Gasteiger partial charge in [-0.25, -0.2) is 9.88 Å². The standard InChI is InChI=1S/C43H34Cl2F3N7O9/c1-4-6-20-7-5-8-27(36(20)56)34-25-13-14-26-33(40(59)52(38(26)57)24-16-31(54(61)62)35(51(2)3)32(17-24)55(63)64)28(25)18-29-39(58)53(41(60)42(29,34)21-9-11-23(44)12-10-21)50-37-30(45)15-22(19-49-37)43(46,47)48/h4-5,7-13,15-17,19,26,28-29,33-34,56H,1,6,14,18H2,2-3H3,(H,49,50). The van der Waals surface area contributed by atoms with Gasteiger partial charge in [-0.15, -0.1) is 6.58 Å². The summed E-state index contributed by atoms with van der Waals surface area (Å²) in [5, 5.41) is 36.9. The predicted octanol–water partition coefficient (Wildman–Crippen LogP) is 7.91. The smallest absolute Gasteiger partial charge is 0.417 e. The van der Waals surface area contributed by atoms with E-state index >= 15 is 9.59 Å². The highest BCUT2D eigenvalue weighted by atomic mass is 35.5. The summed E-state index contributed by atoms with van der Waals surface area (Å²) in [6.07, 6.45) is -1.39. The number of halogens is 5. The number of hydrogen-bond acceptors (Lipinski definition) is 12. The Morgan fingerprint density at radius 2 is 1.64 bits per heavy atom. The Morgan fingerprint density at radius 3 is 2.22 bits per heavy atom. The first-order valence-corrected chi connectivity index (χ1v) is 20.3. The van der Waals surface area contributed by atoms with Crippen LogP contribution in [0.1, 0.15) is 41.0 Å². The summed E-state index contributed by atoms with van der Waals surface area (Å²) in [6, 6.07) is 13.2. The second kappa shape index (κ2) is 15.7. The Balaban J connectivity index is 1.32. The lowest BCUT2D eigenvalue weighted by molar-refractivity contribution is -0.392. The number of nitro groups is 2. The molecule has 3 heterocycles. The molecule has 6 unspecified atom stereocenters. The second-order valence-corrected chi connectivity index (χ2v) is 16.9. The van der Waals surface area contributed by atoms with Crippen molar-refractivity contribution in [1.82, 2.24) is 9.99 Å². The highest BCUT2D eigenvalue weighted by Crippen LogP contribution is 2.65. The molecule has 21 heteroatoms. The number of para-hydroxylation sites is 1. The largest absolute Gasteiger partial charge is 0.507 e. The van der Waals surface area contributed by atoms with Crippen molar-refractivity contribution in [2.75, 3.05) is 29.3 Å². The number of nitro benzene ring substituents is 2. The Bertz CT molecular complexity index is 2730. The molecule has 4 amide bonds. The van der Waals surface area contributed by atoms with Crippen LogP contribution >= 0.6 is 23.2 Å². The van der Waals surface area contributed by atoms with E-state index in [1.165, 1.54) is 38.4 Å². The van der Waals surface area contributed by atoms with Crippen LogP contribution in [0.5, 0.6) is 5.75 Å². The van der Waals surface area contributed by atoms with Gasteiger partial charge < -0.3 is 10.0 Å². The third kappa shape index (κ3) is 6.63. The lowest BCUT2D eigenvalue weighted by Gasteiger charge is -2.50. The van der Waals surface area contributed by atoms with Crippen LogP contribution in [0.4, 0.5) is 41.7 Å². The van der Waals surface area contributed by atoms with Crippen LogP contribution in [-0.2, 0) is 37.2 Å². The Kier molecular flexibility index (Phi) is 10.8. The molecule has 4 aliphatic rings. The van der Waals surface area contributed by atoms with Gasteiger partial charge in [0.1, 0.15) is 5.75 Å². The van der Waals surface area contributed by atoms with Gasteiger partial charge in [0.2, 0.25) is 11.8 Å². The van der Waals surface area contributed by atoms with Crippen LogP contribution in [0.3, 0.4) is 0 Å². The van der Waals surface area contributed by atoms with E-state index in [0.717, 1.165) is 17.0 Å². The number of nitrogens with one attached hydrogen (secondary N) is 1. The topological polar surface area (TPSA) is 209 Å². The Labute approximate surface area is 370 Å². The van der Waals surface area contributed by atoms with Gasteiger partial charge in [0.05, 0.1) is 49.3 Å².